The van der Waals surface area contributed by atoms with Gasteiger partial charge in [0.25, 0.3) is 0 Å². The van der Waals surface area contributed by atoms with E-state index in [2.05, 4.69) is 15.9 Å². The molecule has 0 nitrogen and oxygen atoms in total. The highest BCUT2D eigenvalue weighted by molar-refractivity contribution is 9.10. The molecule has 59 valence electrons. The van der Waals surface area contributed by atoms with E-state index in [0.29, 0.717) is 4.47 Å². The van der Waals surface area contributed by atoms with E-state index in [4.69, 9.17) is 0 Å². The number of hydrogen-bond acceptors (Lipinski definition) is 0. The molecule has 0 aromatic heterocycles. The largest absolute Gasteiger partial charge is 0.206 e. The molecule has 1 aromatic carbocycles. The van der Waals surface area contributed by atoms with Gasteiger partial charge in [-0.15, -0.1) is 0 Å². The first-order valence-corrected chi connectivity index (χ1v) is 4.16. The van der Waals surface area contributed by atoms with Gasteiger partial charge < -0.3 is 0 Å². The molecule has 0 fully saturated rings. The molecule has 0 amide bonds. The van der Waals surface area contributed by atoms with Gasteiger partial charge in [-0.1, -0.05) is 26.0 Å². The molecule has 0 unspecified atom stereocenters. The van der Waals surface area contributed by atoms with E-state index >= 15 is 0 Å². The molecule has 11 heavy (non-hydrogen) atoms. The molecule has 0 atom stereocenters. The first-order chi connectivity index (χ1) is 5.13. The van der Waals surface area contributed by atoms with E-state index < -0.39 is 0 Å². The van der Waals surface area contributed by atoms with Crippen LogP contribution in [0.15, 0.2) is 22.7 Å². The maximum atomic E-state index is 12.9. The van der Waals surface area contributed by atoms with Crippen LogP contribution < -0.4 is 0 Å². The van der Waals surface area contributed by atoms with Crippen molar-refractivity contribution in [2.75, 3.05) is 0 Å². The Morgan fingerprint density at radius 2 is 2.00 bits per heavy atom. The summed E-state index contributed by atoms with van der Waals surface area (Å²) in [6.07, 6.45) is 0. The Balaban J connectivity index is 3.17. The minimum absolute atomic E-state index is 0.205. The van der Waals surface area contributed by atoms with Gasteiger partial charge in [-0.2, -0.15) is 0 Å². The lowest BCUT2D eigenvalue weighted by Crippen LogP contribution is -1.91. The zero-order valence-corrected chi connectivity index (χ0v) is 8.07. The number of halogens is 2. The molecule has 0 spiro atoms. The van der Waals surface area contributed by atoms with Crippen molar-refractivity contribution in [2.24, 2.45) is 0 Å². The van der Waals surface area contributed by atoms with E-state index in [1.807, 2.05) is 19.9 Å². The maximum Gasteiger partial charge on any atom is 0.137 e. The highest BCUT2D eigenvalue weighted by atomic mass is 79.9. The highest BCUT2D eigenvalue weighted by Gasteiger charge is 2.07. The van der Waals surface area contributed by atoms with Crippen molar-refractivity contribution in [2.45, 2.75) is 13.8 Å². The van der Waals surface area contributed by atoms with E-state index in [0.717, 1.165) is 11.5 Å². The second-order valence-corrected chi connectivity index (χ2v) is 3.39. The van der Waals surface area contributed by atoms with E-state index in [1.165, 1.54) is 6.07 Å². The molecule has 0 aliphatic rings. The van der Waals surface area contributed by atoms with Crippen molar-refractivity contribution in [3.63, 3.8) is 0 Å². The lowest BCUT2D eigenvalue weighted by atomic mass is 10.0. The van der Waals surface area contributed by atoms with E-state index in [1.54, 1.807) is 6.07 Å². The van der Waals surface area contributed by atoms with E-state index in [-0.39, 0.29) is 5.82 Å². The van der Waals surface area contributed by atoms with Gasteiger partial charge in [0.2, 0.25) is 0 Å². The normalized spacial score (nSPS) is 10.6. The minimum atomic E-state index is -0.205. The predicted octanol–water partition coefficient (Wildman–Crippen LogP) is 3.55. The van der Waals surface area contributed by atoms with Crippen LogP contribution in [-0.4, -0.2) is 0 Å². The average molecular weight is 216 g/mol. The van der Waals surface area contributed by atoms with Gasteiger partial charge in [0.1, 0.15) is 5.82 Å². The van der Waals surface area contributed by atoms with Gasteiger partial charge in [-0.05, 0) is 27.6 Å². The molecule has 0 saturated heterocycles. The summed E-state index contributed by atoms with van der Waals surface area (Å²) in [6.45, 7) is 3.92. The third-order valence-electron chi connectivity index (χ3n) is 1.49. The fourth-order valence-electron chi connectivity index (χ4n) is 0.890. The van der Waals surface area contributed by atoms with Crippen LogP contribution in [0.1, 0.15) is 19.4 Å². The lowest BCUT2D eigenvalue weighted by Gasteiger charge is -2.06. The Hall–Kier alpha value is -0.370. The Morgan fingerprint density at radius 1 is 1.36 bits per heavy atom. The Morgan fingerprint density at radius 3 is 2.45 bits per heavy atom. The Kier molecular flexibility index (Phi) is 2.66. The molecule has 1 radical (unpaired) electrons. The summed E-state index contributed by atoms with van der Waals surface area (Å²) in [5.74, 6) is 0.903. The molecular weight excluding hydrogens is 207 g/mol. The first-order valence-electron chi connectivity index (χ1n) is 3.37. The molecule has 1 rings (SSSR count). The summed E-state index contributed by atoms with van der Waals surface area (Å²) in [5.41, 5.74) is 0.935. The zero-order chi connectivity index (χ0) is 8.43. The predicted molar refractivity (Wildman–Crippen MR) is 47.8 cm³/mol. The summed E-state index contributed by atoms with van der Waals surface area (Å²) in [6, 6.07) is 5.04. The fraction of sp³-hybridized carbons (Fsp3) is 0.222. The summed E-state index contributed by atoms with van der Waals surface area (Å²) in [7, 11) is 0. The lowest BCUT2D eigenvalue weighted by molar-refractivity contribution is 0.619. The van der Waals surface area contributed by atoms with Crippen molar-refractivity contribution < 1.29 is 4.39 Å². The fourth-order valence-corrected chi connectivity index (χ4v) is 1.55. The van der Waals surface area contributed by atoms with Gasteiger partial charge in [0.05, 0.1) is 4.47 Å². The third-order valence-corrected chi connectivity index (χ3v) is 2.30. The van der Waals surface area contributed by atoms with Gasteiger partial charge >= 0.3 is 0 Å². The van der Waals surface area contributed by atoms with Crippen molar-refractivity contribution in [1.82, 2.24) is 0 Å². The molecular formula is C9H9BrF. The molecule has 0 bridgehead atoms. The molecule has 0 aliphatic carbocycles. The van der Waals surface area contributed by atoms with Crippen LogP contribution in [-0.2, 0) is 0 Å². The average Bonchev–Trinajstić information content (AvgIpc) is 1.94. The quantitative estimate of drug-likeness (QED) is 0.673. The number of benzene rings is 1. The van der Waals surface area contributed by atoms with Crippen LogP contribution in [0.3, 0.4) is 0 Å². The molecule has 2 heteroatoms. The third kappa shape index (κ3) is 1.80. The van der Waals surface area contributed by atoms with Crippen molar-refractivity contribution >= 4 is 15.9 Å². The smallest absolute Gasteiger partial charge is 0.137 e. The minimum Gasteiger partial charge on any atom is -0.206 e. The monoisotopic (exact) mass is 215 g/mol. The molecule has 0 heterocycles. The van der Waals surface area contributed by atoms with Crippen molar-refractivity contribution in [1.29, 1.82) is 0 Å². The Bertz CT molecular complexity index is 256. The van der Waals surface area contributed by atoms with Crippen LogP contribution in [0.5, 0.6) is 0 Å². The number of hydrogen-bond donors (Lipinski definition) is 0. The topological polar surface area (TPSA) is 0 Å². The van der Waals surface area contributed by atoms with Crippen molar-refractivity contribution in [3.05, 3.63) is 40.0 Å². The second-order valence-electron chi connectivity index (χ2n) is 2.60. The second kappa shape index (κ2) is 3.35. The van der Waals surface area contributed by atoms with Crippen LogP contribution in [0, 0.1) is 11.7 Å². The number of rotatable bonds is 1. The molecule has 1 aromatic rings. The van der Waals surface area contributed by atoms with Gasteiger partial charge in [-0.25, -0.2) is 4.39 Å². The van der Waals surface area contributed by atoms with Gasteiger partial charge in [0.15, 0.2) is 0 Å². The van der Waals surface area contributed by atoms with Crippen molar-refractivity contribution in [3.8, 4) is 0 Å². The van der Waals surface area contributed by atoms with Crippen LogP contribution >= 0.6 is 15.9 Å². The SMILES string of the molecule is C[C](C)c1cccc(F)c1Br. The van der Waals surface area contributed by atoms with Crippen LogP contribution in [0.4, 0.5) is 4.39 Å². The summed E-state index contributed by atoms with van der Waals surface area (Å²) in [4.78, 5) is 0. The summed E-state index contributed by atoms with van der Waals surface area (Å²) in [5, 5.41) is 0. The molecule has 0 N–H and O–H groups in total. The van der Waals surface area contributed by atoms with Crippen LogP contribution in [0.2, 0.25) is 0 Å². The zero-order valence-electron chi connectivity index (χ0n) is 6.49. The van der Waals surface area contributed by atoms with Gasteiger partial charge in [0, 0.05) is 5.92 Å². The van der Waals surface area contributed by atoms with Gasteiger partial charge in [-0.3, -0.25) is 0 Å². The standard InChI is InChI=1S/C9H9BrF/c1-6(2)7-4-3-5-8(11)9(7)10/h3-5H,1-2H3. The maximum absolute atomic E-state index is 12.9. The summed E-state index contributed by atoms with van der Waals surface area (Å²) >= 11 is 3.18. The van der Waals surface area contributed by atoms with E-state index in [9.17, 15) is 4.39 Å². The molecule has 0 saturated carbocycles. The molecule has 0 aliphatic heterocycles. The highest BCUT2D eigenvalue weighted by Crippen LogP contribution is 2.25. The van der Waals surface area contributed by atoms with Crippen LogP contribution in [0.25, 0.3) is 0 Å². The summed E-state index contributed by atoms with van der Waals surface area (Å²) < 4.78 is 13.4. The first kappa shape index (κ1) is 8.72. The Labute approximate surface area is 74.6 Å².